The summed E-state index contributed by atoms with van der Waals surface area (Å²) < 4.78 is 18.3. The highest BCUT2D eigenvalue weighted by Crippen LogP contribution is 2.28. The first kappa shape index (κ1) is 12.3. The van der Waals surface area contributed by atoms with Crippen LogP contribution in [0.3, 0.4) is 0 Å². The van der Waals surface area contributed by atoms with Gasteiger partial charge in [-0.15, -0.1) is 0 Å². The van der Waals surface area contributed by atoms with E-state index in [1.54, 1.807) is 6.07 Å². The van der Waals surface area contributed by atoms with Crippen LogP contribution in [0, 0.1) is 11.7 Å². The third-order valence-corrected chi connectivity index (χ3v) is 2.97. The molecule has 96 valence electrons. The van der Waals surface area contributed by atoms with E-state index in [2.05, 4.69) is 0 Å². The summed E-state index contributed by atoms with van der Waals surface area (Å²) in [7, 11) is 1.36. The maximum Gasteiger partial charge on any atom is 0.227 e. The van der Waals surface area contributed by atoms with Crippen LogP contribution in [0.5, 0.6) is 5.75 Å². The van der Waals surface area contributed by atoms with E-state index >= 15 is 0 Å². The summed E-state index contributed by atoms with van der Waals surface area (Å²) in [6.45, 7) is 0.194. The molecule has 18 heavy (non-hydrogen) atoms. The number of anilines is 1. The predicted octanol–water partition coefficient (Wildman–Crippen LogP) is 0.672. The molecule has 1 aliphatic rings. The molecule has 2 N–H and O–H groups in total. The molecule has 2 amide bonds. The quantitative estimate of drug-likeness (QED) is 0.859. The Morgan fingerprint density at radius 2 is 2.28 bits per heavy atom. The van der Waals surface area contributed by atoms with Gasteiger partial charge in [-0.1, -0.05) is 0 Å². The van der Waals surface area contributed by atoms with Gasteiger partial charge in [0.1, 0.15) is 0 Å². The molecule has 0 bridgehead atoms. The number of nitrogens with two attached hydrogens (primary N) is 1. The molecule has 1 aromatic rings. The van der Waals surface area contributed by atoms with Crippen molar-refractivity contribution in [1.82, 2.24) is 0 Å². The van der Waals surface area contributed by atoms with Crippen molar-refractivity contribution in [2.45, 2.75) is 6.42 Å². The number of rotatable bonds is 3. The highest BCUT2D eigenvalue weighted by atomic mass is 19.1. The maximum atomic E-state index is 13.5. The third-order valence-electron chi connectivity index (χ3n) is 2.97. The lowest BCUT2D eigenvalue weighted by Crippen LogP contribution is -2.28. The highest BCUT2D eigenvalue weighted by molar-refractivity contribution is 6.00. The van der Waals surface area contributed by atoms with Gasteiger partial charge in [0.25, 0.3) is 0 Å². The van der Waals surface area contributed by atoms with Gasteiger partial charge in [0.15, 0.2) is 11.6 Å². The second kappa shape index (κ2) is 4.64. The first-order valence-electron chi connectivity index (χ1n) is 5.46. The van der Waals surface area contributed by atoms with E-state index in [-0.39, 0.29) is 24.6 Å². The SMILES string of the molecule is COc1ccc(N2CC(C(N)=O)CC2=O)cc1F. The molecule has 1 fully saturated rings. The molecule has 1 unspecified atom stereocenters. The van der Waals surface area contributed by atoms with Crippen molar-refractivity contribution >= 4 is 17.5 Å². The summed E-state index contributed by atoms with van der Waals surface area (Å²) in [5.41, 5.74) is 5.57. The lowest BCUT2D eigenvalue weighted by molar-refractivity contribution is -0.123. The summed E-state index contributed by atoms with van der Waals surface area (Å²) in [6, 6.07) is 4.22. The van der Waals surface area contributed by atoms with Gasteiger partial charge in [0, 0.05) is 24.7 Å². The van der Waals surface area contributed by atoms with E-state index in [1.807, 2.05) is 0 Å². The van der Waals surface area contributed by atoms with Gasteiger partial charge in [-0.25, -0.2) is 4.39 Å². The van der Waals surface area contributed by atoms with Crippen molar-refractivity contribution in [3.05, 3.63) is 24.0 Å². The molecule has 1 aromatic carbocycles. The van der Waals surface area contributed by atoms with Crippen LogP contribution in [-0.2, 0) is 9.59 Å². The zero-order valence-corrected chi connectivity index (χ0v) is 9.85. The Bertz CT molecular complexity index is 504. The Hall–Kier alpha value is -2.11. The first-order valence-corrected chi connectivity index (χ1v) is 5.46. The number of hydrogen-bond acceptors (Lipinski definition) is 3. The second-order valence-corrected chi connectivity index (χ2v) is 4.13. The summed E-state index contributed by atoms with van der Waals surface area (Å²) >= 11 is 0. The molecule has 2 rings (SSSR count). The molecule has 0 radical (unpaired) electrons. The number of ether oxygens (including phenoxy) is 1. The standard InChI is InChI=1S/C12H13FN2O3/c1-18-10-3-2-8(5-9(10)13)15-6-7(12(14)17)4-11(15)16/h2-3,5,7H,4,6H2,1H3,(H2,14,17). The van der Waals surface area contributed by atoms with Crippen molar-refractivity contribution < 1.29 is 18.7 Å². The first-order chi connectivity index (χ1) is 8.52. The fraction of sp³-hybridized carbons (Fsp3) is 0.333. The Morgan fingerprint density at radius 1 is 1.56 bits per heavy atom. The van der Waals surface area contributed by atoms with Crippen LogP contribution >= 0.6 is 0 Å². The van der Waals surface area contributed by atoms with Crippen LogP contribution < -0.4 is 15.4 Å². The Balaban J connectivity index is 2.24. The average Bonchev–Trinajstić information content (AvgIpc) is 2.71. The zero-order valence-electron chi connectivity index (χ0n) is 9.85. The van der Waals surface area contributed by atoms with Crippen LogP contribution in [0.4, 0.5) is 10.1 Å². The van der Waals surface area contributed by atoms with E-state index in [1.165, 1.54) is 24.1 Å². The van der Waals surface area contributed by atoms with Crippen molar-refractivity contribution in [2.75, 3.05) is 18.6 Å². The number of methoxy groups -OCH3 is 1. The monoisotopic (exact) mass is 252 g/mol. The van der Waals surface area contributed by atoms with E-state index in [4.69, 9.17) is 10.5 Å². The molecule has 1 saturated heterocycles. The Labute approximate surface area is 103 Å². The smallest absolute Gasteiger partial charge is 0.227 e. The molecule has 0 aromatic heterocycles. The van der Waals surface area contributed by atoms with E-state index in [0.717, 1.165) is 0 Å². The number of amides is 2. The minimum Gasteiger partial charge on any atom is -0.494 e. The topological polar surface area (TPSA) is 72.6 Å². The molecule has 5 nitrogen and oxygen atoms in total. The molecule has 6 heteroatoms. The van der Waals surface area contributed by atoms with Gasteiger partial charge in [-0.3, -0.25) is 9.59 Å². The minimum atomic E-state index is -0.551. The zero-order chi connectivity index (χ0) is 13.3. The predicted molar refractivity (Wildman–Crippen MR) is 62.6 cm³/mol. The third kappa shape index (κ3) is 2.13. The molecule has 1 aliphatic heterocycles. The van der Waals surface area contributed by atoms with Gasteiger partial charge in [0.05, 0.1) is 13.0 Å². The minimum absolute atomic E-state index is 0.0724. The van der Waals surface area contributed by atoms with Crippen LogP contribution in [0.15, 0.2) is 18.2 Å². The molecule has 0 saturated carbocycles. The number of nitrogens with zero attached hydrogens (tertiary/aromatic N) is 1. The van der Waals surface area contributed by atoms with Crippen molar-refractivity contribution in [2.24, 2.45) is 11.7 Å². The number of carbonyl (C=O) groups excluding carboxylic acids is 2. The molecule has 1 atom stereocenters. The van der Waals surface area contributed by atoms with Crippen molar-refractivity contribution in [3.63, 3.8) is 0 Å². The van der Waals surface area contributed by atoms with Gasteiger partial charge < -0.3 is 15.4 Å². The lowest BCUT2D eigenvalue weighted by Gasteiger charge is -2.16. The van der Waals surface area contributed by atoms with Crippen LogP contribution in [0.1, 0.15) is 6.42 Å². The van der Waals surface area contributed by atoms with Crippen LogP contribution in [-0.4, -0.2) is 25.5 Å². The van der Waals surface area contributed by atoms with Crippen molar-refractivity contribution in [3.8, 4) is 5.75 Å². The molecular weight excluding hydrogens is 239 g/mol. The molecule has 0 spiro atoms. The maximum absolute atomic E-state index is 13.5. The van der Waals surface area contributed by atoms with Gasteiger partial charge in [0.2, 0.25) is 11.8 Å². The number of carbonyl (C=O) groups is 2. The van der Waals surface area contributed by atoms with Crippen molar-refractivity contribution in [1.29, 1.82) is 0 Å². The normalized spacial score (nSPS) is 19.1. The number of hydrogen-bond donors (Lipinski definition) is 1. The second-order valence-electron chi connectivity index (χ2n) is 4.13. The van der Waals surface area contributed by atoms with Gasteiger partial charge >= 0.3 is 0 Å². The Kier molecular flexibility index (Phi) is 3.18. The van der Waals surface area contributed by atoms with Crippen LogP contribution in [0.25, 0.3) is 0 Å². The Morgan fingerprint density at radius 3 is 2.78 bits per heavy atom. The summed E-state index contributed by atoms with van der Waals surface area (Å²) in [5, 5.41) is 0. The average molecular weight is 252 g/mol. The summed E-state index contributed by atoms with van der Waals surface area (Å²) in [4.78, 5) is 24.1. The molecular formula is C12H13FN2O3. The van der Waals surface area contributed by atoms with E-state index in [9.17, 15) is 14.0 Å². The van der Waals surface area contributed by atoms with Gasteiger partial charge in [-0.05, 0) is 12.1 Å². The number of benzene rings is 1. The molecule has 0 aliphatic carbocycles. The summed E-state index contributed by atoms with van der Waals surface area (Å²) in [6.07, 6.45) is 0.0724. The van der Waals surface area contributed by atoms with E-state index < -0.39 is 17.6 Å². The lowest BCUT2D eigenvalue weighted by atomic mass is 10.1. The summed E-state index contributed by atoms with van der Waals surface area (Å²) in [5.74, 6) is -1.70. The fourth-order valence-corrected chi connectivity index (χ4v) is 1.97. The highest BCUT2D eigenvalue weighted by Gasteiger charge is 2.34. The molecule has 1 heterocycles. The fourth-order valence-electron chi connectivity index (χ4n) is 1.97. The number of primary amides is 1. The largest absolute Gasteiger partial charge is 0.494 e. The van der Waals surface area contributed by atoms with E-state index in [0.29, 0.717) is 5.69 Å². The van der Waals surface area contributed by atoms with Crippen LogP contribution in [0.2, 0.25) is 0 Å². The number of halogens is 1. The van der Waals surface area contributed by atoms with Gasteiger partial charge in [-0.2, -0.15) is 0 Å².